The van der Waals surface area contributed by atoms with Crippen LogP contribution in [0, 0.1) is 11.2 Å². The van der Waals surface area contributed by atoms with E-state index in [2.05, 4.69) is 4.98 Å². The number of carbonyl (C=O) groups is 3. The van der Waals surface area contributed by atoms with Crippen molar-refractivity contribution < 1.29 is 29.0 Å². The number of aldehydes is 1. The molecule has 2 N–H and O–H groups in total. The van der Waals surface area contributed by atoms with Gasteiger partial charge in [-0.1, -0.05) is 11.6 Å². The second kappa shape index (κ2) is 6.72. The van der Waals surface area contributed by atoms with E-state index >= 15 is 0 Å². The first-order chi connectivity index (χ1) is 11.2. The van der Waals surface area contributed by atoms with Crippen LogP contribution in [0.2, 0.25) is 5.15 Å². The van der Waals surface area contributed by atoms with Crippen LogP contribution in [0.3, 0.4) is 0 Å². The van der Waals surface area contributed by atoms with Gasteiger partial charge in [0.2, 0.25) is 0 Å². The average molecular weight is 359 g/mol. The number of hydrogen-bond acceptors (Lipinski definition) is 4. The molecule has 0 bridgehead atoms. The van der Waals surface area contributed by atoms with Crippen LogP contribution in [0.15, 0.2) is 6.07 Å². The quantitative estimate of drug-likeness (QED) is 0.632. The zero-order valence-electron chi connectivity index (χ0n) is 12.8. The van der Waals surface area contributed by atoms with Gasteiger partial charge in [-0.25, -0.2) is 14.2 Å². The molecular weight excluding hydrogens is 343 g/mol. The van der Waals surface area contributed by atoms with E-state index in [1.165, 1.54) is 0 Å². The van der Waals surface area contributed by atoms with E-state index in [1.54, 1.807) is 6.92 Å². The molecule has 1 aromatic heterocycles. The molecule has 1 aliphatic rings. The van der Waals surface area contributed by atoms with E-state index in [-0.39, 0.29) is 48.5 Å². The molecule has 0 aliphatic carbocycles. The predicted octanol–water partition coefficient (Wildman–Crippen LogP) is 2.46. The molecule has 1 fully saturated rings. The summed E-state index contributed by atoms with van der Waals surface area (Å²) in [6.07, 6.45) is -1.08. The summed E-state index contributed by atoms with van der Waals surface area (Å²) in [5.41, 5.74) is -1.87. The lowest BCUT2D eigenvalue weighted by Crippen LogP contribution is -2.51. The summed E-state index contributed by atoms with van der Waals surface area (Å²) < 4.78 is 14.3. The highest BCUT2D eigenvalue weighted by Gasteiger charge is 2.46. The summed E-state index contributed by atoms with van der Waals surface area (Å²) in [4.78, 5) is 38.8. The van der Waals surface area contributed by atoms with Crippen molar-refractivity contribution in [2.75, 3.05) is 6.54 Å². The van der Waals surface area contributed by atoms with Gasteiger partial charge in [0.25, 0.3) is 0 Å². The molecule has 2 heterocycles. The monoisotopic (exact) mass is 358 g/mol. The lowest BCUT2D eigenvalue weighted by Gasteiger charge is -2.41. The summed E-state index contributed by atoms with van der Waals surface area (Å²) in [5, 5.41) is 18.7. The minimum Gasteiger partial charge on any atom is -0.481 e. The Hall–Kier alpha value is -2.22. The zero-order chi connectivity index (χ0) is 18.1. The van der Waals surface area contributed by atoms with Crippen molar-refractivity contribution in [3.63, 3.8) is 0 Å². The Morgan fingerprint density at radius 1 is 1.54 bits per heavy atom. The van der Waals surface area contributed by atoms with E-state index in [9.17, 15) is 23.9 Å². The fourth-order valence-corrected chi connectivity index (χ4v) is 3.36. The van der Waals surface area contributed by atoms with Crippen molar-refractivity contribution in [2.45, 2.75) is 32.2 Å². The van der Waals surface area contributed by atoms with Crippen molar-refractivity contribution in [2.24, 2.45) is 5.41 Å². The maximum Gasteiger partial charge on any atom is 0.407 e. The molecule has 7 nitrogen and oxygen atoms in total. The molecule has 1 amide bonds. The first-order valence-corrected chi connectivity index (χ1v) is 7.61. The number of pyridine rings is 1. The van der Waals surface area contributed by atoms with Crippen LogP contribution in [0.4, 0.5) is 9.18 Å². The molecule has 9 heteroatoms. The second-order valence-corrected chi connectivity index (χ2v) is 6.34. The molecule has 24 heavy (non-hydrogen) atoms. The van der Waals surface area contributed by atoms with Crippen LogP contribution >= 0.6 is 11.6 Å². The molecule has 0 radical (unpaired) electrons. The number of likely N-dealkylation sites (tertiary alicyclic amines) is 1. The topological polar surface area (TPSA) is 108 Å². The maximum atomic E-state index is 14.3. The van der Waals surface area contributed by atoms with E-state index in [0.29, 0.717) is 0 Å². The highest BCUT2D eigenvalue weighted by atomic mass is 35.5. The fourth-order valence-electron chi connectivity index (χ4n) is 3.14. The molecular formula is C15H16ClFN2O5. The number of carboxylic acids is 1. The van der Waals surface area contributed by atoms with Crippen molar-refractivity contribution in [1.29, 1.82) is 0 Å². The molecule has 2 unspecified atom stereocenters. The fraction of sp³-hybridized carbons (Fsp3) is 0.467. The van der Waals surface area contributed by atoms with Gasteiger partial charge in [0, 0.05) is 19.0 Å². The van der Waals surface area contributed by atoms with Crippen molar-refractivity contribution in [1.82, 2.24) is 9.88 Å². The Balaban J connectivity index is 2.37. The Bertz CT molecular complexity index is 699. The van der Waals surface area contributed by atoms with E-state index in [0.717, 1.165) is 11.0 Å². The molecule has 1 saturated heterocycles. The molecule has 0 saturated carbocycles. The third-order valence-electron chi connectivity index (χ3n) is 4.40. The van der Waals surface area contributed by atoms with Gasteiger partial charge in [0.05, 0.1) is 16.7 Å². The first kappa shape index (κ1) is 18.1. The maximum absolute atomic E-state index is 14.3. The first-order valence-electron chi connectivity index (χ1n) is 7.23. The van der Waals surface area contributed by atoms with Crippen molar-refractivity contribution in [3.05, 3.63) is 28.3 Å². The van der Waals surface area contributed by atoms with E-state index in [4.69, 9.17) is 16.7 Å². The van der Waals surface area contributed by atoms with Gasteiger partial charge in [-0.2, -0.15) is 0 Å². The zero-order valence-corrected chi connectivity index (χ0v) is 13.6. The summed E-state index contributed by atoms with van der Waals surface area (Å²) in [7, 11) is 0. The number of carboxylic acid groups (broad SMARTS) is 2. The summed E-state index contributed by atoms with van der Waals surface area (Å²) >= 11 is 5.77. The Morgan fingerprint density at radius 3 is 2.71 bits per heavy atom. The smallest absolute Gasteiger partial charge is 0.407 e. The molecule has 2 atom stereocenters. The van der Waals surface area contributed by atoms with Crippen LogP contribution in [-0.4, -0.2) is 51.0 Å². The molecule has 0 spiro atoms. The number of aromatic nitrogens is 1. The molecule has 2 rings (SSSR count). The summed E-state index contributed by atoms with van der Waals surface area (Å²) in [5.74, 6) is -2.06. The lowest BCUT2D eigenvalue weighted by molar-refractivity contribution is -0.153. The summed E-state index contributed by atoms with van der Waals surface area (Å²) in [6, 6.07) is 0.524. The minimum atomic E-state index is -1.37. The van der Waals surface area contributed by atoms with Gasteiger partial charge in [0.15, 0.2) is 12.1 Å². The Kier molecular flexibility index (Phi) is 5.08. The largest absolute Gasteiger partial charge is 0.481 e. The summed E-state index contributed by atoms with van der Waals surface area (Å²) in [6.45, 7) is 1.62. The number of amides is 1. The number of piperidine rings is 1. The number of halogens is 2. The highest BCUT2D eigenvalue weighted by Crippen LogP contribution is 2.39. The molecule has 130 valence electrons. The third kappa shape index (κ3) is 3.33. The molecule has 0 aromatic carbocycles. The SMILES string of the molecule is CC1CC(Cc2nc(Cl)cc(C=O)c2F)(C(=O)O)CCN1C(=O)O. The molecule has 1 aromatic rings. The standard InChI is InChI=1S/C15H16ClFN2O5/c1-8-5-15(13(21)22,2-3-19(8)14(23)24)6-10-12(17)9(7-20)4-11(16)18-10/h4,7-8H,2-3,5-6H2,1H3,(H,21,22)(H,23,24). The van der Waals surface area contributed by atoms with Gasteiger partial charge >= 0.3 is 12.1 Å². The van der Waals surface area contributed by atoms with Crippen LogP contribution in [0.5, 0.6) is 0 Å². The van der Waals surface area contributed by atoms with Gasteiger partial charge in [-0.05, 0) is 25.8 Å². The molecule has 1 aliphatic heterocycles. The van der Waals surface area contributed by atoms with Crippen molar-refractivity contribution >= 4 is 29.9 Å². The highest BCUT2D eigenvalue weighted by molar-refractivity contribution is 6.29. The van der Waals surface area contributed by atoms with Gasteiger partial charge < -0.3 is 15.1 Å². The Labute approximate surface area is 142 Å². The van der Waals surface area contributed by atoms with Gasteiger partial charge in [-0.15, -0.1) is 0 Å². The van der Waals surface area contributed by atoms with Crippen molar-refractivity contribution in [3.8, 4) is 0 Å². The van der Waals surface area contributed by atoms with Crippen LogP contribution in [-0.2, 0) is 11.2 Å². The van der Waals surface area contributed by atoms with Gasteiger partial charge in [-0.3, -0.25) is 9.59 Å². The van der Waals surface area contributed by atoms with Gasteiger partial charge in [0.1, 0.15) is 5.15 Å². The number of rotatable bonds is 4. The lowest BCUT2D eigenvalue weighted by atomic mass is 9.72. The van der Waals surface area contributed by atoms with Crippen LogP contribution < -0.4 is 0 Å². The minimum absolute atomic E-state index is 0.0126. The number of carbonyl (C=O) groups excluding carboxylic acids is 1. The normalized spacial score (nSPS) is 23.8. The van der Waals surface area contributed by atoms with E-state index < -0.39 is 29.3 Å². The van der Waals surface area contributed by atoms with Crippen LogP contribution in [0.25, 0.3) is 0 Å². The predicted molar refractivity (Wildman–Crippen MR) is 81.8 cm³/mol. The second-order valence-electron chi connectivity index (χ2n) is 5.95. The number of nitrogens with zero attached hydrogens (tertiary/aromatic N) is 2. The van der Waals surface area contributed by atoms with E-state index in [1.807, 2.05) is 0 Å². The average Bonchev–Trinajstić information content (AvgIpc) is 2.50. The van der Waals surface area contributed by atoms with Crippen LogP contribution in [0.1, 0.15) is 35.8 Å². The Morgan fingerprint density at radius 2 is 2.21 bits per heavy atom. The number of hydrogen-bond donors (Lipinski definition) is 2. The third-order valence-corrected chi connectivity index (χ3v) is 4.60. The number of aliphatic carboxylic acids is 1.